The van der Waals surface area contributed by atoms with Crippen LogP contribution in [0.15, 0.2) is 12.4 Å². The van der Waals surface area contributed by atoms with Crippen molar-refractivity contribution in [2.45, 2.75) is 96.9 Å². The fraction of sp³-hybridized carbons (Fsp3) is 0.762. The van der Waals surface area contributed by atoms with E-state index in [0.717, 1.165) is 31.5 Å². The number of rotatable bonds is 16. The third-order valence-corrected chi connectivity index (χ3v) is 4.71. The Kier molecular flexibility index (Phi) is 12.2. The number of carbonyl (C=O) groups excluding carboxylic acids is 1. The van der Waals surface area contributed by atoms with Crippen molar-refractivity contribution in [1.29, 1.82) is 0 Å². The van der Waals surface area contributed by atoms with Crippen LogP contribution in [0.4, 0.5) is 0 Å². The van der Waals surface area contributed by atoms with Gasteiger partial charge in [0, 0.05) is 25.2 Å². The zero-order chi connectivity index (χ0) is 19.9. The van der Waals surface area contributed by atoms with E-state index >= 15 is 0 Å². The lowest BCUT2D eigenvalue weighted by atomic mass is 10.0. The van der Waals surface area contributed by atoms with Crippen LogP contribution in [0.2, 0.25) is 0 Å². The van der Waals surface area contributed by atoms with Gasteiger partial charge in [0.15, 0.2) is 0 Å². The normalized spacial score (nSPS) is 12.3. The molecule has 1 rings (SSSR count). The monoisotopic (exact) mass is 379 g/mol. The molecule has 27 heavy (non-hydrogen) atoms. The lowest BCUT2D eigenvalue weighted by Crippen LogP contribution is -2.41. The number of hydrogen-bond donors (Lipinski definition) is 3. The summed E-state index contributed by atoms with van der Waals surface area (Å²) >= 11 is 0. The summed E-state index contributed by atoms with van der Waals surface area (Å²) in [6.45, 7) is 3.92. The molecule has 0 saturated heterocycles. The molecular formula is C21H37N3O3. The summed E-state index contributed by atoms with van der Waals surface area (Å²) in [7, 11) is 0. The first-order valence-electron chi connectivity index (χ1n) is 10.5. The second-order valence-corrected chi connectivity index (χ2v) is 7.81. The molecule has 0 aliphatic carbocycles. The van der Waals surface area contributed by atoms with Crippen molar-refractivity contribution >= 4 is 11.9 Å². The number of nitrogens with zero attached hydrogens (tertiary/aromatic N) is 1. The van der Waals surface area contributed by atoms with E-state index < -0.39 is 12.0 Å². The van der Waals surface area contributed by atoms with Crippen LogP contribution in [0, 0.1) is 5.92 Å². The lowest BCUT2D eigenvalue weighted by molar-refractivity contribution is -0.142. The molecule has 1 atom stereocenters. The van der Waals surface area contributed by atoms with Crippen LogP contribution >= 0.6 is 0 Å². The molecule has 1 aromatic rings. The largest absolute Gasteiger partial charge is 0.480 e. The average molecular weight is 380 g/mol. The highest BCUT2D eigenvalue weighted by molar-refractivity contribution is 5.83. The first-order chi connectivity index (χ1) is 13.0. The maximum Gasteiger partial charge on any atom is 0.326 e. The third kappa shape index (κ3) is 12.2. The molecule has 154 valence electrons. The second-order valence-electron chi connectivity index (χ2n) is 7.81. The Morgan fingerprint density at radius 1 is 1.04 bits per heavy atom. The van der Waals surface area contributed by atoms with Crippen molar-refractivity contribution in [2.75, 3.05) is 0 Å². The standard InChI is InChI=1S/C21H37N3O3/c1-17(2)16-18(21(26)27)24-20(25)13-11-9-7-5-3-4-6-8-10-12-19-22-14-15-23-19/h14-15,17-18H,3-13,16H2,1-2H3,(H,22,23)(H,24,25)(H,26,27)/t18-/m0/s1. The SMILES string of the molecule is CC(C)C[C@H](NC(=O)CCCCCCCCCCCc1ncc[nH]1)C(=O)O. The fourth-order valence-electron chi connectivity index (χ4n) is 3.21. The van der Waals surface area contributed by atoms with Gasteiger partial charge in [0.25, 0.3) is 0 Å². The van der Waals surface area contributed by atoms with E-state index in [1.165, 1.54) is 38.5 Å². The minimum atomic E-state index is -0.943. The number of aromatic amines is 1. The van der Waals surface area contributed by atoms with E-state index in [1.807, 2.05) is 20.0 Å². The Morgan fingerprint density at radius 3 is 2.15 bits per heavy atom. The summed E-state index contributed by atoms with van der Waals surface area (Å²) in [6, 6.07) is -0.759. The molecular weight excluding hydrogens is 342 g/mol. The number of aryl methyl sites for hydroxylation is 1. The Morgan fingerprint density at radius 2 is 1.63 bits per heavy atom. The topological polar surface area (TPSA) is 95.1 Å². The Balaban J connectivity index is 1.91. The molecule has 6 nitrogen and oxygen atoms in total. The molecule has 1 amide bonds. The average Bonchev–Trinajstić information content (AvgIpc) is 3.12. The number of unbranched alkanes of at least 4 members (excludes halogenated alkanes) is 8. The number of aromatic nitrogens is 2. The number of amides is 1. The van der Waals surface area contributed by atoms with Crippen LogP contribution in [0.5, 0.6) is 0 Å². The van der Waals surface area contributed by atoms with E-state index in [1.54, 1.807) is 6.20 Å². The molecule has 0 aliphatic heterocycles. The van der Waals surface area contributed by atoms with Crippen molar-refractivity contribution < 1.29 is 14.7 Å². The predicted octanol–water partition coefficient (Wildman–Crippen LogP) is 4.47. The van der Waals surface area contributed by atoms with Crippen LogP contribution < -0.4 is 5.32 Å². The van der Waals surface area contributed by atoms with Gasteiger partial charge in [-0.2, -0.15) is 0 Å². The van der Waals surface area contributed by atoms with Gasteiger partial charge >= 0.3 is 5.97 Å². The van der Waals surface area contributed by atoms with Crippen molar-refractivity contribution in [3.8, 4) is 0 Å². The molecule has 0 aliphatic rings. The number of hydrogen-bond acceptors (Lipinski definition) is 3. The number of carbonyl (C=O) groups is 2. The van der Waals surface area contributed by atoms with Crippen LogP contribution in [-0.2, 0) is 16.0 Å². The fourth-order valence-corrected chi connectivity index (χ4v) is 3.21. The summed E-state index contributed by atoms with van der Waals surface area (Å²) in [5.74, 6) is 0.246. The predicted molar refractivity (Wildman–Crippen MR) is 107 cm³/mol. The number of carboxylic acid groups (broad SMARTS) is 1. The molecule has 1 aromatic heterocycles. The number of nitrogens with one attached hydrogen (secondary N) is 2. The molecule has 1 heterocycles. The molecule has 6 heteroatoms. The van der Waals surface area contributed by atoms with Gasteiger partial charge < -0.3 is 15.4 Å². The smallest absolute Gasteiger partial charge is 0.326 e. The van der Waals surface area contributed by atoms with E-state index in [0.29, 0.717) is 12.8 Å². The Bertz CT molecular complexity index is 515. The van der Waals surface area contributed by atoms with Gasteiger partial charge in [-0.15, -0.1) is 0 Å². The number of carboxylic acids is 1. The molecule has 0 bridgehead atoms. The van der Waals surface area contributed by atoms with Crippen LogP contribution in [0.25, 0.3) is 0 Å². The van der Waals surface area contributed by atoms with Crippen molar-refractivity contribution in [3.63, 3.8) is 0 Å². The number of H-pyrrole nitrogens is 1. The van der Waals surface area contributed by atoms with Gasteiger partial charge in [0.1, 0.15) is 11.9 Å². The second kappa shape index (κ2) is 14.2. The van der Waals surface area contributed by atoms with Crippen molar-refractivity contribution in [3.05, 3.63) is 18.2 Å². The Hall–Kier alpha value is -1.85. The lowest BCUT2D eigenvalue weighted by Gasteiger charge is -2.16. The molecule has 0 fully saturated rings. The van der Waals surface area contributed by atoms with Gasteiger partial charge in [0.05, 0.1) is 0 Å². The number of aliphatic carboxylic acids is 1. The zero-order valence-electron chi connectivity index (χ0n) is 17.0. The zero-order valence-corrected chi connectivity index (χ0v) is 17.0. The van der Waals surface area contributed by atoms with Crippen molar-refractivity contribution in [2.24, 2.45) is 5.92 Å². The minimum absolute atomic E-state index is 0.139. The van der Waals surface area contributed by atoms with Crippen LogP contribution in [0.3, 0.4) is 0 Å². The summed E-state index contributed by atoms with van der Waals surface area (Å²) in [5.41, 5.74) is 0. The first kappa shape index (κ1) is 23.2. The highest BCUT2D eigenvalue weighted by Crippen LogP contribution is 2.12. The van der Waals surface area contributed by atoms with E-state index in [4.69, 9.17) is 5.11 Å². The van der Waals surface area contributed by atoms with Gasteiger partial charge in [-0.1, -0.05) is 58.8 Å². The first-order valence-corrected chi connectivity index (χ1v) is 10.5. The quantitative estimate of drug-likeness (QED) is 0.369. The van der Waals surface area contributed by atoms with Gasteiger partial charge in [-0.25, -0.2) is 9.78 Å². The third-order valence-electron chi connectivity index (χ3n) is 4.71. The van der Waals surface area contributed by atoms with Crippen molar-refractivity contribution in [1.82, 2.24) is 15.3 Å². The van der Waals surface area contributed by atoms with Crippen LogP contribution in [-0.4, -0.2) is 33.0 Å². The van der Waals surface area contributed by atoms with E-state index in [-0.39, 0.29) is 11.8 Å². The summed E-state index contributed by atoms with van der Waals surface area (Å²) in [4.78, 5) is 30.4. The Labute approximate surface area is 163 Å². The van der Waals surface area contributed by atoms with Gasteiger partial charge in [0.2, 0.25) is 5.91 Å². The summed E-state index contributed by atoms with van der Waals surface area (Å²) in [6.07, 6.45) is 16.1. The molecule has 0 radical (unpaired) electrons. The molecule has 0 unspecified atom stereocenters. The van der Waals surface area contributed by atoms with E-state index in [2.05, 4.69) is 15.3 Å². The van der Waals surface area contributed by atoms with Crippen LogP contribution in [0.1, 0.15) is 90.3 Å². The van der Waals surface area contributed by atoms with Gasteiger partial charge in [-0.3, -0.25) is 4.79 Å². The minimum Gasteiger partial charge on any atom is -0.480 e. The molecule has 3 N–H and O–H groups in total. The molecule has 0 aromatic carbocycles. The summed E-state index contributed by atoms with van der Waals surface area (Å²) in [5, 5.41) is 11.8. The highest BCUT2D eigenvalue weighted by atomic mass is 16.4. The maximum atomic E-state index is 11.9. The molecule has 0 spiro atoms. The highest BCUT2D eigenvalue weighted by Gasteiger charge is 2.20. The van der Waals surface area contributed by atoms with Gasteiger partial charge in [-0.05, 0) is 25.2 Å². The molecule has 0 saturated carbocycles. The maximum absolute atomic E-state index is 11.9. The number of imidazole rings is 1. The van der Waals surface area contributed by atoms with E-state index in [9.17, 15) is 9.59 Å². The summed E-state index contributed by atoms with van der Waals surface area (Å²) < 4.78 is 0.